The van der Waals surface area contributed by atoms with E-state index in [2.05, 4.69) is 14.9 Å². The molecule has 0 radical (unpaired) electrons. The van der Waals surface area contributed by atoms with E-state index in [9.17, 15) is 20.2 Å². The Morgan fingerprint density at radius 1 is 0.897 bits per heavy atom. The van der Waals surface area contributed by atoms with Crippen molar-refractivity contribution >= 4 is 11.6 Å². The van der Waals surface area contributed by atoms with Gasteiger partial charge in [-0.25, -0.2) is 19.1 Å². The van der Waals surface area contributed by atoms with E-state index >= 15 is 0 Å². The summed E-state index contributed by atoms with van der Waals surface area (Å²) in [4.78, 5) is 31.7. The van der Waals surface area contributed by atoms with Crippen molar-refractivity contribution in [2.24, 2.45) is 5.73 Å². The largest absolute Gasteiger partial charge is 0.358 e. The first kappa shape index (κ1) is 22.4. The van der Waals surface area contributed by atoms with E-state index in [1.807, 2.05) is 0 Å². The molecule has 0 aliphatic carbocycles. The molecule has 0 aliphatic rings. The second-order valence-electron chi connectivity index (χ2n) is 6.84. The van der Waals surface area contributed by atoms with Crippen molar-refractivity contribution in [1.82, 2.24) is 24.0 Å². The van der Waals surface area contributed by atoms with Crippen molar-refractivity contribution in [3.63, 3.8) is 0 Å². The highest BCUT2D eigenvalue weighted by molar-refractivity contribution is 5.19. The molecule has 0 amide bonds. The van der Waals surface area contributed by atoms with Crippen LogP contribution in [0, 0.1) is 34.1 Å². The Hall–Kier alpha value is -2.86. The first-order chi connectivity index (χ1) is 13.8. The van der Waals surface area contributed by atoms with Crippen LogP contribution in [0.5, 0.6) is 0 Å². The second-order valence-corrected chi connectivity index (χ2v) is 6.84. The second kappa shape index (κ2) is 10.6. The summed E-state index contributed by atoms with van der Waals surface area (Å²) in [5.41, 5.74) is 5.55. The van der Waals surface area contributed by atoms with Crippen LogP contribution in [0.25, 0.3) is 0 Å². The van der Waals surface area contributed by atoms with Crippen LogP contribution in [0.2, 0.25) is 0 Å². The fraction of sp³-hybridized carbons (Fsp3) is 0.647. The maximum Gasteiger partial charge on any atom is 0.342 e. The van der Waals surface area contributed by atoms with Crippen LogP contribution in [-0.4, -0.2) is 60.0 Å². The zero-order valence-corrected chi connectivity index (χ0v) is 16.9. The number of hydrogen-bond acceptors (Lipinski definition) is 8. The van der Waals surface area contributed by atoms with Gasteiger partial charge in [0.25, 0.3) is 0 Å². The number of imidazole rings is 2. The zero-order valence-electron chi connectivity index (χ0n) is 16.9. The first-order valence-electron chi connectivity index (χ1n) is 9.60. The van der Waals surface area contributed by atoms with Gasteiger partial charge in [0.2, 0.25) is 0 Å². The number of nitrogens with two attached hydrogens (primary N) is 1. The highest BCUT2D eigenvalue weighted by atomic mass is 16.6. The predicted molar refractivity (Wildman–Crippen MR) is 107 cm³/mol. The van der Waals surface area contributed by atoms with Crippen LogP contribution in [-0.2, 0) is 13.1 Å². The Bertz CT molecular complexity index is 769. The molecule has 2 heterocycles. The third kappa shape index (κ3) is 6.06. The van der Waals surface area contributed by atoms with Gasteiger partial charge >= 0.3 is 11.6 Å². The molecule has 0 fully saturated rings. The summed E-state index contributed by atoms with van der Waals surface area (Å²) in [5.74, 6) is 1.10. The third-order valence-corrected chi connectivity index (χ3v) is 4.90. The lowest BCUT2D eigenvalue weighted by molar-refractivity contribution is -0.392. The van der Waals surface area contributed by atoms with Gasteiger partial charge in [0.05, 0.1) is 0 Å². The van der Waals surface area contributed by atoms with Crippen LogP contribution in [0.15, 0.2) is 12.4 Å². The number of rotatable bonds is 13. The van der Waals surface area contributed by atoms with Gasteiger partial charge in [-0.1, -0.05) is 6.42 Å². The van der Waals surface area contributed by atoms with E-state index in [1.165, 1.54) is 12.4 Å². The monoisotopic (exact) mass is 408 g/mol. The minimum absolute atomic E-state index is 0.0355. The van der Waals surface area contributed by atoms with E-state index in [4.69, 9.17) is 5.73 Å². The maximum atomic E-state index is 11.2. The fourth-order valence-corrected chi connectivity index (χ4v) is 3.23. The Morgan fingerprint density at radius 3 is 1.79 bits per heavy atom. The van der Waals surface area contributed by atoms with Crippen molar-refractivity contribution in [3.05, 3.63) is 44.3 Å². The zero-order chi connectivity index (χ0) is 21.4. The summed E-state index contributed by atoms with van der Waals surface area (Å²) in [6, 6.07) is 0. The molecule has 0 aliphatic heterocycles. The molecule has 29 heavy (non-hydrogen) atoms. The van der Waals surface area contributed by atoms with Crippen LogP contribution >= 0.6 is 0 Å². The highest BCUT2D eigenvalue weighted by Crippen LogP contribution is 2.15. The Labute approximate surface area is 168 Å². The van der Waals surface area contributed by atoms with Crippen LogP contribution in [0.3, 0.4) is 0 Å². The average Bonchev–Trinajstić information content (AvgIpc) is 3.23. The summed E-state index contributed by atoms with van der Waals surface area (Å²) in [5, 5.41) is 22.4. The molecular formula is C17H28N8O4. The average molecular weight is 408 g/mol. The molecular weight excluding hydrogens is 380 g/mol. The van der Waals surface area contributed by atoms with E-state index in [0.717, 1.165) is 25.8 Å². The Balaban J connectivity index is 2.05. The third-order valence-electron chi connectivity index (χ3n) is 4.90. The molecule has 0 saturated carbocycles. The summed E-state index contributed by atoms with van der Waals surface area (Å²) in [7, 11) is 0. The van der Waals surface area contributed by atoms with Crippen LogP contribution < -0.4 is 5.73 Å². The van der Waals surface area contributed by atoms with Gasteiger partial charge in [0, 0.05) is 26.9 Å². The van der Waals surface area contributed by atoms with Crippen molar-refractivity contribution in [1.29, 1.82) is 0 Å². The standard InChI is InChI=1S/C17H28N8O4/c1-14-19-12-16(24(26)27)22(14)10-8-21(7-5-3-4-6-18)9-11-23-15(2)20-13-17(23)25(28)29/h12-13H,3-11,18H2,1-2H3. The van der Waals surface area contributed by atoms with Gasteiger partial charge in [-0.15, -0.1) is 0 Å². The number of aromatic nitrogens is 4. The van der Waals surface area contributed by atoms with E-state index in [0.29, 0.717) is 44.4 Å². The van der Waals surface area contributed by atoms with Crippen molar-refractivity contribution in [2.75, 3.05) is 26.2 Å². The molecule has 2 aromatic heterocycles. The molecule has 12 heteroatoms. The predicted octanol–water partition coefficient (Wildman–Crippen LogP) is 1.64. The van der Waals surface area contributed by atoms with Crippen LogP contribution in [0.1, 0.15) is 30.9 Å². The Morgan fingerprint density at radius 2 is 1.38 bits per heavy atom. The lowest BCUT2D eigenvalue weighted by Crippen LogP contribution is -2.32. The van der Waals surface area contributed by atoms with E-state index < -0.39 is 9.85 Å². The van der Waals surface area contributed by atoms with Crippen molar-refractivity contribution in [2.45, 2.75) is 46.2 Å². The molecule has 160 valence electrons. The normalized spacial score (nSPS) is 11.3. The lowest BCUT2D eigenvalue weighted by Gasteiger charge is -2.21. The highest BCUT2D eigenvalue weighted by Gasteiger charge is 2.21. The van der Waals surface area contributed by atoms with Crippen molar-refractivity contribution in [3.8, 4) is 0 Å². The molecule has 0 aromatic carbocycles. The number of nitro groups is 2. The minimum Gasteiger partial charge on any atom is -0.358 e. The van der Waals surface area contributed by atoms with Crippen LogP contribution in [0.4, 0.5) is 11.6 Å². The fourth-order valence-electron chi connectivity index (χ4n) is 3.23. The minimum atomic E-state index is -0.441. The molecule has 0 unspecified atom stereocenters. The quantitative estimate of drug-likeness (QED) is 0.298. The number of aryl methyl sites for hydroxylation is 2. The molecule has 0 atom stereocenters. The van der Waals surface area contributed by atoms with Crippen molar-refractivity contribution < 1.29 is 9.85 Å². The summed E-state index contributed by atoms with van der Waals surface area (Å²) in [6.07, 6.45) is 5.39. The van der Waals surface area contributed by atoms with E-state index in [-0.39, 0.29) is 11.6 Å². The van der Waals surface area contributed by atoms with Gasteiger partial charge in [-0.2, -0.15) is 0 Å². The smallest absolute Gasteiger partial charge is 0.342 e. The Kier molecular flexibility index (Phi) is 8.21. The summed E-state index contributed by atoms with van der Waals surface area (Å²) < 4.78 is 3.16. The first-order valence-corrected chi connectivity index (χ1v) is 9.60. The number of hydrogen-bond donors (Lipinski definition) is 1. The molecule has 12 nitrogen and oxygen atoms in total. The molecule has 2 aromatic rings. The van der Waals surface area contributed by atoms with Gasteiger partial charge in [0.1, 0.15) is 25.5 Å². The molecule has 2 N–H and O–H groups in total. The maximum absolute atomic E-state index is 11.2. The number of unbranched alkanes of at least 4 members (excludes halogenated alkanes) is 2. The molecule has 0 spiro atoms. The van der Waals surface area contributed by atoms with Gasteiger partial charge in [0.15, 0.2) is 11.6 Å². The SMILES string of the molecule is Cc1ncc([N+](=O)[O-])n1CCN(CCCCCN)CCn1c([N+](=O)[O-])cnc1C. The van der Waals surface area contributed by atoms with Gasteiger partial charge < -0.3 is 26.0 Å². The van der Waals surface area contributed by atoms with E-state index in [1.54, 1.807) is 23.0 Å². The number of nitrogens with zero attached hydrogens (tertiary/aromatic N) is 7. The van der Waals surface area contributed by atoms with Gasteiger partial charge in [-0.3, -0.25) is 4.90 Å². The molecule has 0 saturated heterocycles. The topological polar surface area (TPSA) is 151 Å². The van der Waals surface area contributed by atoms with Gasteiger partial charge in [-0.05, 0) is 35.8 Å². The summed E-state index contributed by atoms with van der Waals surface area (Å²) >= 11 is 0. The lowest BCUT2D eigenvalue weighted by atomic mass is 10.2. The molecule has 2 rings (SSSR count). The molecule has 0 bridgehead atoms. The summed E-state index contributed by atoms with van der Waals surface area (Å²) in [6.45, 7) is 6.87.